The van der Waals surface area contributed by atoms with Gasteiger partial charge in [0.25, 0.3) is 5.56 Å². The van der Waals surface area contributed by atoms with E-state index in [4.69, 9.17) is 28.2 Å². The van der Waals surface area contributed by atoms with E-state index in [9.17, 15) is 13.2 Å². The number of fused-ring (bicyclic) bond motifs is 3. The quantitative estimate of drug-likeness (QED) is 0.531. The zero-order valence-electron chi connectivity index (χ0n) is 17.6. The lowest BCUT2D eigenvalue weighted by atomic mass is 9.90. The maximum Gasteiger partial charge on any atom is 0.250 e. The molecule has 1 N–H and O–H groups in total. The molecule has 6 nitrogen and oxygen atoms in total. The second kappa shape index (κ2) is 8.83. The van der Waals surface area contributed by atoms with Crippen LogP contribution >= 0.6 is 23.2 Å². The van der Waals surface area contributed by atoms with E-state index in [2.05, 4.69) is 4.72 Å². The minimum absolute atomic E-state index is 0.130. The van der Waals surface area contributed by atoms with Crippen LogP contribution in [0.5, 0.6) is 0 Å². The second-order valence-electron chi connectivity index (χ2n) is 7.78. The molecule has 0 radical (unpaired) electrons. The topological polar surface area (TPSA) is 80.5 Å². The van der Waals surface area contributed by atoms with E-state index < -0.39 is 16.9 Å². The Hall–Kier alpha value is -2.45. The number of pyridine rings is 1. The van der Waals surface area contributed by atoms with Gasteiger partial charge in [0.05, 0.1) is 11.8 Å². The lowest BCUT2D eigenvalue weighted by molar-refractivity contribution is 0.587. The Bertz CT molecular complexity index is 1370. The van der Waals surface area contributed by atoms with Gasteiger partial charge in [0.15, 0.2) is 0 Å². The molecule has 2 aromatic carbocycles. The molecule has 166 valence electrons. The summed E-state index contributed by atoms with van der Waals surface area (Å²) in [4.78, 5) is 17.3. The molecule has 3 aromatic rings. The van der Waals surface area contributed by atoms with Gasteiger partial charge in [0.2, 0.25) is 10.9 Å². The maximum absolute atomic E-state index is 12.4. The van der Waals surface area contributed by atoms with Crippen LogP contribution in [0.1, 0.15) is 48.2 Å². The first-order valence-electron chi connectivity index (χ1n) is 9.94. The molecule has 0 saturated carbocycles. The van der Waals surface area contributed by atoms with E-state index >= 15 is 0 Å². The number of aliphatic imine (C=N–C) groups is 1. The van der Waals surface area contributed by atoms with Crippen LogP contribution in [-0.4, -0.2) is 18.7 Å². The van der Waals surface area contributed by atoms with Gasteiger partial charge in [-0.3, -0.25) is 9.79 Å². The average Bonchev–Trinajstić information content (AvgIpc) is 2.83. The van der Waals surface area contributed by atoms with Crippen molar-refractivity contribution in [3.05, 3.63) is 91.3 Å². The van der Waals surface area contributed by atoms with Crippen molar-refractivity contribution in [3.8, 4) is 11.1 Å². The number of nitrogens with one attached hydrogen (secondary N) is 1. The lowest BCUT2D eigenvalue weighted by Crippen LogP contribution is -2.18. The Kier molecular flexibility index (Phi) is 6.27. The molecule has 0 bridgehead atoms. The van der Waals surface area contributed by atoms with Gasteiger partial charge < -0.3 is 4.57 Å². The first kappa shape index (κ1) is 22.7. The van der Waals surface area contributed by atoms with E-state index in [0.717, 1.165) is 33.5 Å². The number of thiol groups is 1. The highest BCUT2D eigenvalue weighted by molar-refractivity contribution is 7.70. The Labute approximate surface area is 197 Å². The van der Waals surface area contributed by atoms with Crippen LogP contribution in [-0.2, 0) is 17.9 Å². The van der Waals surface area contributed by atoms with Crippen molar-refractivity contribution in [2.75, 3.05) is 0 Å². The van der Waals surface area contributed by atoms with Gasteiger partial charge in [-0.1, -0.05) is 35.3 Å². The predicted octanol–water partition coefficient (Wildman–Crippen LogP) is 4.45. The van der Waals surface area contributed by atoms with Gasteiger partial charge in [-0.25, -0.2) is 13.1 Å². The molecule has 0 spiro atoms. The zero-order valence-corrected chi connectivity index (χ0v) is 20.0. The third-order valence-electron chi connectivity index (χ3n) is 5.60. The summed E-state index contributed by atoms with van der Waals surface area (Å²) < 4.78 is 26.5. The predicted molar refractivity (Wildman–Crippen MR) is 130 cm³/mol. The van der Waals surface area contributed by atoms with Crippen molar-refractivity contribution in [2.24, 2.45) is 12.0 Å². The SMILES string of the molecule is CC1N=C(c2ccc(Cl)cc2)c2cc(Cl)c(C(C)N[SH](=O)=O)cc2-c2cn(C)c(=O)cc21. The minimum Gasteiger partial charge on any atom is -0.318 e. The Balaban J connectivity index is 2.04. The summed E-state index contributed by atoms with van der Waals surface area (Å²) >= 11 is 12.7. The van der Waals surface area contributed by atoms with E-state index in [1.807, 2.05) is 31.2 Å². The van der Waals surface area contributed by atoms with Crippen LogP contribution in [0.15, 0.2) is 58.4 Å². The fourth-order valence-corrected chi connectivity index (χ4v) is 4.86. The third kappa shape index (κ3) is 4.26. The average molecular weight is 490 g/mol. The fraction of sp³-hybridized carbons (Fsp3) is 0.217. The smallest absolute Gasteiger partial charge is 0.250 e. The molecule has 2 heterocycles. The van der Waals surface area contributed by atoms with Crippen molar-refractivity contribution >= 4 is 39.8 Å². The van der Waals surface area contributed by atoms with Crippen LogP contribution < -0.4 is 10.3 Å². The standard InChI is InChI=1S/C23H21Cl2N3O3S/c1-12-16-10-22(29)28(3)11-20(16)18-8-17(13(2)27-32(30)31)21(25)9-19(18)23(26-12)14-4-6-15(24)7-5-14/h4-13,32H,1-3H3,(H,27,30,31). The first-order chi connectivity index (χ1) is 15.2. The zero-order chi connectivity index (χ0) is 23.2. The van der Waals surface area contributed by atoms with Crippen LogP contribution in [0.4, 0.5) is 0 Å². The Morgan fingerprint density at radius 2 is 1.75 bits per heavy atom. The van der Waals surface area contributed by atoms with Crippen molar-refractivity contribution in [1.82, 2.24) is 9.29 Å². The van der Waals surface area contributed by atoms with Gasteiger partial charge in [-0.15, -0.1) is 0 Å². The Morgan fingerprint density at radius 1 is 1.06 bits per heavy atom. The second-order valence-corrected chi connectivity index (χ2v) is 9.40. The largest absolute Gasteiger partial charge is 0.318 e. The molecule has 0 amide bonds. The summed E-state index contributed by atoms with van der Waals surface area (Å²) in [5, 5.41) is 1.03. The highest BCUT2D eigenvalue weighted by Gasteiger charge is 2.26. The molecule has 2 atom stereocenters. The summed E-state index contributed by atoms with van der Waals surface area (Å²) in [6.07, 6.45) is 1.79. The first-order valence-corrected chi connectivity index (χ1v) is 11.9. The number of nitrogens with zero attached hydrogens (tertiary/aromatic N) is 2. The summed E-state index contributed by atoms with van der Waals surface area (Å²) in [7, 11) is -1.10. The van der Waals surface area contributed by atoms with E-state index in [-0.39, 0.29) is 11.6 Å². The van der Waals surface area contributed by atoms with Crippen LogP contribution in [0.2, 0.25) is 10.0 Å². The summed E-state index contributed by atoms with van der Waals surface area (Å²) in [5.74, 6) is 0. The molecule has 0 aliphatic carbocycles. The molecule has 2 unspecified atom stereocenters. The summed E-state index contributed by atoms with van der Waals surface area (Å²) in [5.41, 5.74) is 5.34. The maximum atomic E-state index is 12.4. The molecule has 0 fully saturated rings. The molecule has 1 aliphatic rings. The molecule has 4 rings (SSSR count). The molecule has 32 heavy (non-hydrogen) atoms. The van der Waals surface area contributed by atoms with E-state index in [1.54, 1.807) is 38.4 Å². The molecular formula is C23H21Cl2N3O3S. The normalized spacial score (nSPS) is 16.2. The fourth-order valence-electron chi connectivity index (χ4n) is 3.95. The van der Waals surface area contributed by atoms with Gasteiger partial charge in [0.1, 0.15) is 0 Å². The molecular weight excluding hydrogens is 469 g/mol. The lowest BCUT2D eigenvalue weighted by Gasteiger charge is -2.18. The third-order valence-corrected chi connectivity index (χ3v) is 6.78. The minimum atomic E-state index is -2.80. The van der Waals surface area contributed by atoms with Gasteiger partial charge in [0, 0.05) is 52.1 Å². The number of aromatic nitrogens is 1. The molecule has 1 aromatic heterocycles. The monoisotopic (exact) mass is 489 g/mol. The van der Waals surface area contributed by atoms with Crippen LogP contribution in [0.25, 0.3) is 11.1 Å². The van der Waals surface area contributed by atoms with Crippen molar-refractivity contribution in [3.63, 3.8) is 0 Å². The van der Waals surface area contributed by atoms with Crippen LogP contribution in [0, 0.1) is 0 Å². The van der Waals surface area contributed by atoms with Crippen molar-refractivity contribution in [1.29, 1.82) is 0 Å². The molecule has 0 saturated heterocycles. The molecule has 9 heteroatoms. The van der Waals surface area contributed by atoms with E-state index in [0.29, 0.717) is 15.6 Å². The highest BCUT2D eigenvalue weighted by Crippen LogP contribution is 2.40. The van der Waals surface area contributed by atoms with E-state index in [1.165, 1.54) is 4.57 Å². The number of hydrogen-bond donors (Lipinski definition) is 2. The molecule has 1 aliphatic heterocycles. The van der Waals surface area contributed by atoms with Gasteiger partial charge in [-0.05, 0) is 54.8 Å². The van der Waals surface area contributed by atoms with Gasteiger partial charge >= 0.3 is 0 Å². The number of aryl methyl sites for hydroxylation is 1. The Morgan fingerprint density at radius 3 is 2.41 bits per heavy atom. The van der Waals surface area contributed by atoms with Crippen molar-refractivity contribution < 1.29 is 8.42 Å². The number of halogens is 2. The number of benzene rings is 2. The number of hydrogen-bond acceptors (Lipinski definition) is 4. The summed E-state index contributed by atoms with van der Waals surface area (Å²) in [6.45, 7) is 3.67. The van der Waals surface area contributed by atoms with Gasteiger partial charge in [-0.2, -0.15) is 0 Å². The summed E-state index contributed by atoms with van der Waals surface area (Å²) in [6, 6.07) is 11.8. The van der Waals surface area contributed by atoms with Crippen LogP contribution in [0.3, 0.4) is 0 Å². The highest BCUT2D eigenvalue weighted by atomic mass is 35.5. The van der Waals surface area contributed by atoms with Crippen molar-refractivity contribution in [2.45, 2.75) is 25.9 Å². The number of rotatable bonds is 4.